The van der Waals surface area contributed by atoms with Gasteiger partial charge in [-0.1, -0.05) is 12.1 Å². The Hall–Kier alpha value is -3.35. The molecule has 2 aromatic rings. The summed E-state index contributed by atoms with van der Waals surface area (Å²) in [6, 6.07) is 9.32. The van der Waals surface area contributed by atoms with Gasteiger partial charge in [-0.3, -0.25) is 0 Å². The third-order valence-electron chi connectivity index (χ3n) is 5.60. The van der Waals surface area contributed by atoms with Crippen LogP contribution in [0.2, 0.25) is 0 Å². The van der Waals surface area contributed by atoms with Gasteiger partial charge in [0.2, 0.25) is 0 Å². The molecule has 0 spiro atoms. The zero-order chi connectivity index (χ0) is 26.2. The van der Waals surface area contributed by atoms with Crippen molar-refractivity contribution in [3.63, 3.8) is 0 Å². The van der Waals surface area contributed by atoms with Crippen molar-refractivity contribution in [1.82, 2.24) is 0 Å². The summed E-state index contributed by atoms with van der Waals surface area (Å²) < 4.78 is 26.3. The maximum atomic E-state index is 12.3. The fraction of sp³-hybridized carbons (Fsp3) is 0.400. The summed E-state index contributed by atoms with van der Waals surface area (Å²) >= 11 is 0. The van der Waals surface area contributed by atoms with E-state index in [2.05, 4.69) is 0 Å². The predicted molar refractivity (Wildman–Crippen MR) is 126 cm³/mol. The normalized spacial score (nSPS) is 24.0. The van der Waals surface area contributed by atoms with Gasteiger partial charge in [0.05, 0.1) is 27.4 Å². The average molecular weight is 507 g/mol. The molecule has 1 aliphatic heterocycles. The number of aromatic hydroxyl groups is 2. The zero-order valence-electron chi connectivity index (χ0n) is 19.8. The van der Waals surface area contributed by atoms with Crippen molar-refractivity contribution in [2.75, 3.05) is 27.4 Å². The molecule has 1 fully saturated rings. The van der Waals surface area contributed by atoms with Gasteiger partial charge in [-0.15, -0.1) is 0 Å². The van der Waals surface area contributed by atoms with Crippen molar-refractivity contribution >= 4 is 12.0 Å². The highest BCUT2D eigenvalue weighted by atomic mass is 16.7. The fourth-order valence-corrected chi connectivity index (χ4v) is 3.66. The highest BCUT2D eigenvalue weighted by molar-refractivity contribution is 5.87. The van der Waals surface area contributed by atoms with Crippen LogP contribution < -0.4 is 9.47 Å². The van der Waals surface area contributed by atoms with Crippen LogP contribution in [0, 0.1) is 0 Å². The Kier molecular flexibility index (Phi) is 9.51. The van der Waals surface area contributed by atoms with Gasteiger partial charge in [0.1, 0.15) is 18.3 Å². The number of phenols is 2. The molecular formula is C25H30O11. The summed E-state index contributed by atoms with van der Waals surface area (Å²) in [5.74, 6) is -0.377. The maximum Gasteiger partial charge on any atom is 0.331 e. The van der Waals surface area contributed by atoms with E-state index < -0.39 is 43.3 Å². The van der Waals surface area contributed by atoms with Crippen LogP contribution in [0.4, 0.5) is 0 Å². The largest absolute Gasteiger partial charge is 0.504 e. The molecule has 0 amide bonds. The summed E-state index contributed by atoms with van der Waals surface area (Å²) in [5, 5.41) is 50.2. The first-order valence-electron chi connectivity index (χ1n) is 11.1. The third kappa shape index (κ3) is 6.65. The predicted octanol–water partition coefficient (Wildman–Crippen LogP) is 0.738. The molecule has 0 aliphatic carbocycles. The highest BCUT2D eigenvalue weighted by Gasteiger charge is 2.46. The molecule has 11 nitrogen and oxygen atoms in total. The summed E-state index contributed by atoms with van der Waals surface area (Å²) in [7, 11) is 2.83. The lowest BCUT2D eigenvalue weighted by atomic mass is 9.99. The number of aliphatic hydroxyl groups is 3. The lowest BCUT2D eigenvalue weighted by Gasteiger charge is -2.41. The van der Waals surface area contributed by atoms with Crippen molar-refractivity contribution in [3.05, 3.63) is 53.6 Å². The minimum Gasteiger partial charge on any atom is -0.504 e. The van der Waals surface area contributed by atoms with Gasteiger partial charge >= 0.3 is 5.97 Å². The second-order valence-electron chi connectivity index (χ2n) is 8.00. The first-order chi connectivity index (χ1) is 17.3. The molecule has 0 bridgehead atoms. The molecule has 5 N–H and O–H groups in total. The summed E-state index contributed by atoms with van der Waals surface area (Å²) in [5.41, 5.74) is 1.28. The van der Waals surface area contributed by atoms with Crippen molar-refractivity contribution in [1.29, 1.82) is 0 Å². The second kappa shape index (κ2) is 12.6. The van der Waals surface area contributed by atoms with Gasteiger partial charge in [-0.25, -0.2) is 4.79 Å². The van der Waals surface area contributed by atoms with Gasteiger partial charge in [0, 0.05) is 6.08 Å². The molecule has 196 valence electrons. The van der Waals surface area contributed by atoms with E-state index in [4.69, 9.17) is 23.7 Å². The van der Waals surface area contributed by atoms with Crippen LogP contribution in [0.1, 0.15) is 11.1 Å². The van der Waals surface area contributed by atoms with Crippen LogP contribution in [-0.4, -0.2) is 89.6 Å². The number of benzene rings is 2. The SMILES string of the molecule is COc1ccc(CCOC2OC(CO)C(OC(=O)/C=C/c3ccc(O)c(OC)c3)C(O)C2O)cc1O. The molecule has 1 saturated heterocycles. The number of esters is 1. The number of hydrogen-bond donors (Lipinski definition) is 5. The first kappa shape index (κ1) is 27.2. The van der Waals surface area contributed by atoms with Crippen LogP contribution in [0.25, 0.3) is 6.08 Å². The van der Waals surface area contributed by atoms with Crippen LogP contribution in [0.3, 0.4) is 0 Å². The van der Waals surface area contributed by atoms with E-state index in [0.29, 0.717) is 17.7 Å². The van der Waals surface area contributed by atoms with E-state index in [-0.39, 0.29) is 23.9 Å². The van der Waals surface area contributed by atoms with Crippen molar-refractivity contribution in [2.45, 2.75) is 37.1 Å². The van der Waals surface area contributed by atoms with E-state index in [1.54, 1.807) is 18.2 Å². The third-order valence-corrected chi connectivity index (χ3v) is 5.60. The number of carbonyl (C=O) groups excluding carboxylic acids is 1. The van der Waals surface area contributed by atoms with Gasteiger partial charge in [0.15, 0.2) is 35.4 Å². The van der Waals surface area contributed by atoms with E-state index >= 15 is 0 Å². The molecule has 1 aliphatic rings. The molecule has 0 radical (unpaired) electrons. The van der Waals surface area contributed by atoms with Crippen LogP contribution in [0.15, 0.2) is 42.5 Å². The van der Waals surface area contributed by atoms with Crippen molar-refractivity contribution < 1.29 is 54.0 Å². The monoisotopic (exact) mass is 506 g/mol. The zero-order valence-corrected chi connectivity index (χ0v) is 19.8. The Labute approximate surface area is 207 Å². The Morgan fingerprint density at radius 2 is 1.75 bits per heavy atom. The molecule has 5 unspecified atom stereocenters. The lowest BCUT2D eigenvalue weighted by Crippen LogP contribution is -2.60. The van der Waals surface area contributed by atoms with Crippen LogP contribution in [-0.2, 0) is 25.4 Å². The van der Waals surface area contributed by atoms with E-state index in [9.17, 15) is 30.3 Å². The number of ether oxygens (including phenoxy) is 5. The molecule has 0 aromatic heterocycles. The van der Waals surface area contributed by atoms with Gasteiger partial charge in [-0.2, -0.15) is 0 Å². The average Bonchev–Trinajstić information content (AvgIpc) is 2.87. The second-order valence-corrected chi connectivity index (χ2v) is 8.00. The Morgan fingerprint density at radius 3 is 2.42 bits per heavy atom. The fourth-order valence-electron chi connectivity index (χ4n) is 3.66. The highest BCUT2D eigenvalue weighted by Crippen LogP contribution is 2.28. The standard InChI is InChI=1S/C25H30O11/c1-32-18-7-4-15(11-17(18)28)9-10-34-25-23(31)22(30)24(20(13-26)35-25)36-21(29)8-5-14-3-6-16(27)19(12-14)33-2/h3-8,11-12,20,22-28,30-31H,9-10,13H2,1-2H3/b8-5+. The van der Waals surface area contributed by atoms with Crippen molar-refractivity contribution in [3.8, 4) is 23.0 Å². The van der Waals surface area contributed by atoms with E-state index in [1.165, 1.54) is 38.5 Å². The van der Waals surface area contributed by atoms with Gasteiger partial charge in [0.25, 0.3) is 0 Å². The number of methoxy groups -OCH3 is 2. The van der Waals surface area contributed by atoms with Gasteiger partial charge in [-0.05, 0) is 47.9 Å². The lowest BCUT2D eigenvalue weighted by molar-refractivity contribution is -0.302. The van der Waals surface area contributed by atoms with Crippen LogP contribution >= 0.6 is 0 Å². The number of rotatable bonds is 10. The van der Waals surface area contributed by atoms with E-state index in [0.717, 1.165) is 11.6 Å². The molecule has 11 heteroatoms. The van der Waals surface area contributed by atoms with Gasteiger partial charge < -0.3 is 49.2 Å². The summed E-state index contributed by atoms with van der Waals surface area (Å²) in [4.78, 5) is 12.3. The molecule has 3 rings (SSSR count). The molecule has 0 saturated carbocycles. The minimum absolute atomic E-state index is 0.0250. The smallest absolute Gasteiger partial charge is 0.331 e. The summed E-state index contributed by atoms with van der Waals surface area (Å²) in [6.07, 6.45) is -4.06. The quantitative estimate of drug-likeness (QED) is 0.228. The molecule has 1 heterocycles. The molecule has 2 aromatic carbocycles. The number of carbonyl (C=O) groups is 1. The molecular weight excluding hydrogens is 476 g/mol. The number of hydrogen-bond acceptors (Lipinski definition) is 11. The number of phenolic OH excluding ortho intramolecular Hbond substituents is 2. The Balaban J connectivity index is 1.56. The Morgan fingerprint density at radius 1 is 1.00 bits per heavy atom. The molecule has 5 atom stereocenters. The van der Waals surface area contributed by atoms with Crippen molar-refractivity contribution in [2.24, 2.45) is 0 Å². The molecule has 36 heavy (non-hydrogen) atoms. The maximum absolute atomic E-state index is 12.3. The topological polar surface area (TPSA) is 164 Å². The van der Waals surface area contributed by atoms with Crippen LogP contribution in [0.5, 0.6) is 23.0 Å². The minimum atomic E-state index is -1.59. The Bertz CT molecular complexity index is 1050. The first-order valence-corrected chi connectivity index (χ1v) is 11.1. The summed E-state index contributed by atoms with van der Waals surface area (Å²) in [6.45, 7) is -0.533. The number of aliphatic hydroxyl groups excluding tert-OH is 3. The van der Waals surface area contributed by atoms with E-state index in [1.807, 2.05) is 0 Å².